The molecule has 0 bridgehead atoms. The quantitative estimate of drug-likeness (QED) is 0.0844. The molecule has 0 saturated heterocycles. The van der Waals surface area contributed by atoms with E-state index in [4.69, 9.17) is 34.8 Å². The molecule has 3 N–H and O–H groups in total. The first-order valence-electron chi connectivity index (χ1n) is 12.8. The van der Waals surface area contributed by atoms with E-state index in [1.165, 1.54) is 24.3 Å². The van der Waals surface area contributed by atoms with Crippen LogP contribution >= 0.6 is 34.8 Å². The van der Waals surface area contributed by atoms with Gasteiger partial charge in [0.1, 0.15) is 11.6 Å². The second-order valence-electron chi connectivity index (χ2n) is 9.44. The second-order valence-corrected chi connectivity index (χ2v) is 10.7. The Hall–Kier alpha value is -4.15. The number of ketones is 2. The fourth-order valence-corrected chi connectivity index (χ4v) is 4.17. The Morgan fingerprint density at radius 2 is 1.07 bits per heavy atom. The fraction of sp³-hybridized carbons (Fsp3) is 0.125. The van der Waals surface area contributed by atoms with Crippen molar-refractivity contribution >= 4 is 58.2 Å². The van der Waals surface area contributed by atoms with E-state index in [0.717, 1.165) is 23.3 Å². The van der Waals surface area contributed by atoms with E-state index in [1.54, 1.807) is 36.4 Å². The van der Waals surface area contributed by atoms with Crippen LogP contribution < -0.4 is 10.6 Å². The molecule has 0 heterocycles. The number of aliphatic hydroxyl groups excluding tert-OH is 1. The standard InChI is InChI=1S/C16H12Cl2FNO2.C16H13ClFNO3/c1-9-3-2-4-11(7-9)16(22)20-15(18)14(21)10-5-6-12(17)13(19)8-10;1-9-3-2-4-11(7-9)15(21)19-16(22)14(20)10-5-6-12(17)13(18)8-10/h2-8,15H,1H3,(H,20,22);2-8,16,22H,1H3,(H,19,21). The van der Waals surface area contributed by atoms with Gasteiger partial charge >= 0.3 is 0 Å². The maximum absolute atomic E-state index is 13.4. The highest BCUT2D eigenvalue weighted by atomic mass is 35.5. The van der Waals surface area contributed by atoms with E-state index < -0.39 is 46.7 Å². The summed E-state index contributed by atoms with van der Waals surface area (Å²) >= 11 is 17.0. The number of hydrogen-bond donors (Lipinski definition) is 3. The zero-order valence-electron chi connectivity index (χ0n) is 23.2. The number of alkyl halides is 1. The summed E-state index contributed by atoms with van der Waals surface area (Å²) in [5.74, 6) is -4.01. The Bertz CT molecular complexity index is 1590. The topological polar surface area (TPSA) is 113 Å². The molecular weight excluding hydrogens is 637 g/mol. The molecule has 2 unspecified atom stereocenters. The largest absolute Gasteiger partial charge is 0.367 e. The number of halogens is 5. The number of carbonyl (C=O) groups is 4. The SMILES string of the molecule is Cc1cccc(C(=O)NC(Cl)C(=O)c2ccc(Cl)c(F)c2)c1.Cc1cccc(C(=O)NC(O)C(=O)c2ccc(Cl)c(F)c2)c1. The van der Waals surface area contributed by atoms with E-state index in [9.17, 15) is 33.1 Å². The number of carbonyl (C=O) groups excluding carboxylic acids is 4. The summed E-state index contributed by atoms with van der Waals surface area (Å²) in [5.41, 5.74) is 1.13. The summed E-state index contributed by atoms with van der Waals surface area (Å²) < 4.78 is 26.7. The summed E-state index contributed by atoms with van der Waals surface area (Å²) in [4.78, 5) is 48.0. The van der Waals surface area contributed by atoms with Crippen LogP contribution in [0.2, 0.25) is 10.0 Å². The molecule has 0 spiro atoms. The molecule has 0 aliphatic carbocycles. The van der Waals surface area contributed by atoms with Gasteiger partial charge in [-0.15, -0.1) is 0 Å². The lowest BCUT2D eigenvalue weighted by Crippen LogP contribution is -2.40. The minimum atomic E-state index is -1.77. The molecule has 4 rings (SSSR count). The highest BCUT2D eigenvalue weighted by Gasteiger charge is 2.22. The zero-order valence-corrected chi connectivity index (χ0v) is 25.5. The minimum absolute atomic E-state index is 0.0337. The van der Waals surface area contributed by atoms with Gasteiger partial charge in [-0.25, -0.2) is 8.78 Å². The lowest BCUT2D eigenvalue weighted by Gasteiger charge is -2.12. The van der Waals surface area contributed by atoms with Crippen LogP contribution in [-0.2, 0) is 0 Å². The zero-order chi connectivity index (χ0) is 32.6. The molecule has 44 heavy (non-hydrogen) atoms. The summed E-state index contributed by atoms with van der Waals surface area (Å²) in [6.45, 7) is 3.66. The van der Waals surface area contributed by atoms with Gasteiger partial charge in [0, 0.05) is 22.3 Å². The molecule has 0 aliphatic rings. The first-order valence-corrected chi connectivity index (χ1v) is 14.0. The molecule has 228 valence electrons. The van der Waals surface area contributed by atoms with Crippen molar-refractivity contribution in [3.63, 3.8) is 0 Å². The molecule has 4 aromatic rings. The lowest BCUT2D eigenvalue weighted by molar-refractivity contribution is 0.0607. The molecule has 0 radical (unpaired) electrons. The van der Waals surface area contributed by atoms with Crippen molar-refractivity contribution in [2.24, 2.45) is 0 Å². The predicted molar refractivity (Wildman–Crippen MR) is 164 cm³/mol. The van der Waals surface area contributed by atoms with Gasteiger partial charge in [0.05, 0.1) is 10.0 Å². The van der Waals surface area contributed by atoms with Gasteiger partial charge < -0.3 is 15.7 Å². The number of hydrogen-bond acceptors (Lipinski definition) is 5. The maximum atomic E-state index is 13.4. The van der Waals surface area contributed by atoms with Crippen LogP contribution in [0, 0.1) is 25.5 Å². The van der Waals surface area contributed by atoms with Crippen molar-refractivity contribution in [2.45, 2.75) is 25.6 Å². The van der Waals surface area contributed by atoms with Crippen LogP contribution in [0.25, 0.3) is 0 Å². The van der Waals surface area contributed by atoms with Crippen molar-refractivity contribution in [1.82, 2.24) is 10.6 Å². The Kier molecular flexibility index (Phi) is 12.1. The Labute approximate surface area is 266 Å². The van der Waals surface area contributed by atoms with E-state index >= 15 is 0 Å². The van der Waals surface area contributed by atoms with Gasteiger partial charge in [0.25, 0.3) is 11.8 Å². The van der Waals surface area contributed by atoms with Crippen molar-refractivity contribution in [1.29, 1.82) is 0 Å². The van der Waals surface area contributed by atoms with Crippen LogP contribution in [0.4, 0.5) is 8.78 Å². The fourth-order valence-electron chi connectivity index (χ4n) is 3.71. The third-order valence-corrected chi connectivity index (χ3v) is 6.89. The number of benzene rings is 4. The van der Waals surface area contributed by atoms with Crippen LogP contribution in [0.3, 0.4) is 0 Å². The van der Waals surface area contributed by atoms with Gasteiger partial charge in [0.2, 0.25) is 11.6 Å². The summed E-state index contributed by atoms with van der Waals surface area (Å²) in [6.07, 6.45) is -1.77. The van der Waals surface area contributed by atoms with Gasteiger partial charge in [-0.2, -0.15) is 0 Å². The average Bonchev–Trinajstić information content (AvgIpc) is 2.99. The molecule has 12 heteroatoms. The summed E-state index contributed by atoms with van der Waals surface area (Å²) in [7, 11) is 0. The van der Waals surface area contributed by atoms with Crippen LogP contribution in [0.5, 0.6) is 0 Å². The van der Waals surface area contributed by atoms with Gasteiger partial charge in [-0.3, -0.25) is 19.2 Å². The second kappa shape index (κ2) is 15.5. The lowest BCUT2D eigenvalue weighted by atomic mass is 10.1. The minimum Gasteiger partial charge on any atom is -0.367 e. The third-order valence-electron chi connectivity index (χ3n) is 5.97. The van der Waals surface area contributed by atoms with Crippen LogP contribution in [0.1, 0.15) is 52.6 Å². The Balaban J connectivity index is 0.000000240. The first kappa shape index (κ1) is 34.3. The van der Waals surface area contributed by atoms with Crippen molar-refractivity contribution < 1.29 is 33.1 Å². The predicted octanol–water partition coefficient (Wildman–Crippen LogP) is 6.68. The average molecular weight is 662 g/mol. The summed E-state index contributed by atoms with van der Waals surface area (Å²) in [6, 6.07) is 20.5. The maximum Gasteiger partial charge on any atom is 0.253 e. The Morgan fingerprint density at radius 3 is 1.50 bits per heavy atom. The smallest absolute Gasteiger partial charge is 0.253 e. The van der Waals surface area contributed by atoms with Crippen molar-refractivity contribution in [3.8, 4) is 0 Å². The van der Waals surface area contributed by atoms with Gasteiger partial charge in [0.15, 0.2) is 11.7 Å². The van der Waals surface area contributed by atoms with E-state index in [1.807, 2.05) is 26.0 Å². The number of nitrogens with one attached hydrogen (secondary N) is 2. The van der Waals surface area contributed by atoms with Gasteiger partial charge in [-0.05, 0) is 74.5 Å². The molecule has 2 atom stereocenters. The van der Waals surface area contributed by atoms with Crippen molar-refractivity contribution in [3.05, 3.63) is 140 Å². The van der Waals surface area contributed by atoms with E-state index in [0.29, 0.717) is 11.1 Å². The number of Topliss-reactive ketones (excluding diaryl/α,β-unsaturated/α-hetero) is 2. The van der Waals surface area contributed by atoms with Crippen LogP contribution in [-0.4, -0.2) is 40.2 Å². The number of rotatable bonds is 8. The number of amides is 2. The first-order chi connectivity index (χ1) is 20.8. The molecule has 7 nitrogen and oxygen atoms in total. The molecule has 0 aromatic heterocycles. The molecule has 2 amide bonds. The molecule has 4 aromatic carbocycles. The highest BCUT2D eigenvalue weighted by Crippen LogP contribution is 2.18. The Morgan fingerprint density at radius 1 is 0.636 bits per heavy atom. The number of aryl methyl sites for hydroxylation is 2. The highest BCUT2D eigenvalue weighted by molar-refractivity contribution is 6.35. The molecule has 0 saturated carbocycles. The molecule has 0 aliphatic heterocycles. The third kappa shape index (κ3) is 9.42. The number of aliphatic hydroxyl groups is 1. The monoisotopic (exact) mass is 660 g/mol. The van der Waals surface area contributed by atoms with Gasteiger partial charge in [-0.1, -0.05) is 70.2 Å². The van der Waals surface area contributed by atoms with Crippen LogP contribution in [0.15, 0.2) is 84.9 Å². The summed E-state index contributed by atoms with van der Waals surface area (Å²) in [5, 5.41) is 14.1. The molecular formula is C32H25Cl3F2N2O5. The van der Waals surface area contributed by atoms with E-state index in [2.05, 4.69) is 10.6 Å². The van der Waals surface area contributed by atoms with E-state index in [-0.39, 0.29) is 21.2 Å². The normalized spacial score (nSPS) is 11.8. The van der Waals surface area contributed by atoms with Crippen molar-refractivity contribution in [2.75, 3.05) is 0 Å². The molecule has 0 fully saturated rings.